The van der Waals surface area contributed by atoms with Gasteiger partial charge in [0, 0.05) is 11.4 Å². The highest BCUT2D eigenvalue weighted by Crippen LogP contribution is 2.15. The number of carbonyl (C=O) groups excluding carboxylic acids is 2. The van der Waals surface area contributed by atoms with Crippen molar-refractivity contribution in [2.24, 2.45) is 0 Å². The zero-order valence-corrected chi connectivity index (χ0v) is 11.4. The van der Waals surface area contributed by atoms with E-state index in [0.717, 1.165) is 0 Å². The minimum absolute atomic E-state index is 0.132. The molecule has 2 amide bonds. The molecule has 0 unspecified atom stereocenters. The summed E-state index contributed by atoms with van der Waals surface area (Å²) in [7, 11) is 0. The van der Waals surface area contributed by atoms with E-state index in [4.69, 9.17) is 4.42 Å². The van der Waals surface area contributed by atoms with Crippen LogP contribution in [0.3, 0.4) is 0 Å². The summed E-state index contributed by atoms with van der Waals surface area (Å²) in [6.07, 6.45) is 1.44. The van der Waals surface area contributed by atoms with Crippen LogP contribution in [0.15, 0.2) is 47.1 Å². The number of carbonyl (C=O) groups is 2. The topological polar surface area (TPSA) is 71.3 Å². The molecule has 2 aromatic rings. The number of nitrogens with one attached hydrogen (secondary N) is 2. The van der Waals surface area contributed by atoms with Gasteiger partial charge in [0.05, 0.1) is 11.6 Å². The average molecular weight is 323 g/mol. The summed E-state index contributed by atoms with van der Waals surface area (Å²) < 4.78 is 4.98. The highest BCUT2D eigenvalue weighted by atomic mass is 79.9. The number of halogens is 1. The summed E-state index contributed by atoms with van der Waals surface area (Å²) in [5, 5.41) is 5.61. The largest absolute Gasteiger partial charge is 0.459 e. The number of hydrogen-bond donors (Lipinski definition) is 2. The van der Waals surface area contributed by atoms with Crippen molar-refractivity contribution in [2.75, 3.05) is 16.0 Å². The van der Waals surface area contributed by atoms with Crippen LogP contribution in [-0.2, 0) is 4.79 Å². The highest BCUT2D eigenvalue weighted by molar-refractivity contribution is 9.09. The van der Waals surface area contributed by atoms with Crippen molar-refractivity contribution >= 4 is 39.1 Å². The first-order valence-electron chi connectivity index (χ1n) is 5.50. The molecule has 0 aliphatic rings. The zero-order chi connectivity index (χ0) is 13.7. The van der Waals surface area contributed by atoms with Crippen LogP contribution in [0.1, 0.15) is 10.6 Å². The number of amides is 2. The molecule has 0 saturated heterocycles. The number of rotatable bonds is 4. The summed E-state index contributed by atoms with van der Waals surface area (Å²) in [6.45, 7) is 0. The first kappa shape index (κ1) is 13.4. The number of anilines is 2. The number of furan rings is 1. The fourth-order valence-corrected chi connectivity index (χ4v) is 1.57. The van der Waals surface area contributed by atoms with Crippen LogP contribution >= 0.6 is 15.9 Å². The van der Waals surface area contributed by atoms with Crippen molar-refractivity contribution in [2.45, 2.75) is 0 Å². The number of hydrogen-bond acceptors (Lipinski definition) is 3. The highest BCUT2D eigenvalue weighted by Gasteiger charge is 2.08. The van der Waals surface area contributed by atoms with E-state index in [-0.39, 0.29) is 22.9 Å². The molecule has 0 bridgehead atoms. The first-order valence-corrected chi connectivity index (χ1v) is 6.62. The Balaban J connectivity index is 1.99. The first-order chi connectivity index (χ1) is 9.19. The molecule has 0 aliphatic heterocycles. The molecule has 98 valence electrons. The van der Waals surface area contributed by atoms with Crippen molar-refractivity contribution in [3.63, 3.8) is 0 Å². The molecule has 2 rings (SSSR count). The third-order valence-electron chi connectivity index (χ3n) is 2.29. The van der Waals surface area contributed by atoms with Gasteiger partial charge in [-0.05, 0) is 36.4 Å². The molecule has 0 radical (unpaired) electrons. The lowest BCUT2D eigenvalue weighted by atomic mass is 10.2. The Kier molecular flexibility index (Phi) is 4.35. The van der Waals surface area contributed by atoms with Crippen molar-refractivity contribution in [3.8, 4) is 0 Å². The normalized spacial score (nSPS) is 9.95. The molecule has 2 N–H and O–H groups in total. The molecule has 1 aromatic carbocycles. The number of alkyl halides is 1. The summed E-state index contributed by atoms with van der Waals surface area (Å²) in [4.78, 5) is 22.9. The Labute approximate surface area is 118 Å². The molecule has 5 nitrogen and oxygen atoms in total. The maximum absolute atomic E-state index is 11.7. The van der Waals surface area contributed by atoms with Crippen LogP contribution in [0, 0.1) is 0 Å². The second-order valence-electron chi connectivity index (χ2n) is 3.69. The number of benzene rings is 1. The predicted molar refractivity (Wildman–Crippen MR) is 75.5 cm³/mol. The minimum atomic E-state index is -0.317. The predicted octanol–water partition coefficient (Wildman–Crippen LogP) is 2.87. The van der Waals surface area contributed by atoms with Gasteiger partial charge in [-0.3, -0.25) is 9.59 Å². The minimum Gasteiger partial charge on any atom is -0.459 e. The standard InChI is InChI=1S/C13H11BrN2O3/c14-8-12(17)15-9-3-5-10(6-4-9)16-13(18)11-2-1-7-19-11/h1-7H,8H2,(H,15,17)(H,16,18). The van der Waals surface area contributed by atoms with E-state index in [9.17, 15) is 9.59 Å². The van der Waals surface area contributed by atoms with Gasteiger partial charge in [-0.25, -0.2) is 0 Å². The van der Waals surface area contributed by atoms with Crippen molar-refractivity contribution in [3.05, 3.63) is 48.4 Å². The van der Waals surface area contributed by atoms with E-state index in [2.05, 4.69) is 26.6 Å². The molecule has 1 aromatic heterocycles. The van der Waals surface area contributed by atoms with Crippen LogP contribution < -0.4 is 10.6 Å². The van der Waals surface area contributed by atoms with Crippen molar-refractivity contribution < 1.29 is 14.0 Å². The Morgan fingerprint density at radius 3 is 2.21 bits per heavy atom. The lowest BCUT2D eigenvalue weighted by molar-refractivity contribution is -0.113. The van der Waals surface area contributed by atoms with Gasteiger partial charge in [0.15, 0.2) is 5.76 Å². The summed E-state index contributed by atoms with van der Waals surface area (Å²) in [6, 6.07) is 10.0. The molecule has 19 heavy (non-hydrogen) atoms. The second kappa shape index (κ2) is 6.19. The van der Waals surface area contributed by atoms with Gasteiger partial charge in [0.1, 0.15) is 0 Å². The van der Waals surface area contributed by atoms with Crippen molar-refractivity contribution in [1.82, 2.24) is 0 Å². The van der Waals surface area contributed by atoms with E-state index >= 15 is 0 Å². The van der Waals surface area contributed by atoms with Gasteiger partial charge >= 0.3 is 0 Å². The summed E-state index contributed by atoms with van der Waals surface area (Å²) in [5.74, 6) is -0.203. The molecule has 0 spiro atoms. The van der Waals surface area contributed by atoms with E-state index in [0.29, 0.717) is 11.4 Å². The van der Waals surface area contributed by atoms with E-state index < -0.39 is 0 Å². The molecule has 6 heteroatoms. The van der Waals surface area contributed by atoms with Crippen molar-refractivity contribution in [1.29, 1.82) is 0 Å². The van der Waals surface area contributed by atoms with Crippen LogP contribution in [0.5, 0.6) is 0 Å². The molecule has 0 atom stereocenters. The fraction of sp³-hybridized carbons (Fsp3) is 0.0769. The van der Waals surface area contributed by atoms with E-state index in [1.54, 1.807) is 36.4 Å². The molecular weight excluding hydrogens is 312 g/mol. The molecule has 0 aliphatic carbocycles. The van der Waals surface area contributed by atoms with E-state index in [1.807, 2.05) is 0 Å². The maximum Gasteiger partial charge on any atom is 0.291 e. The summed E-state index contributed by atoms with van der Waals surface area (Å²) >= 11 is 3.06. The van der Waals surface area contributed by atoms with Gasteiger partial charge in [0.2, 0.25) is 5.91 Å². The third-order valence-corrected chi connectivity index (χ3v) is 2.80. The summed E-state index contributed by atoms with van der Waals surface area (Å²) in [5.41, 5.74) is 1.29. The third kappa shape index (κ3) is 3.69. The second-order valence-corrected chi connectivity index (χ2v) is 4.25. The Morgan fingerprint density at radius 2 is 1.68 bits per heavy atom. The zero-order valence-electron chi connectivity index (χ0n) is 9.85. The van der Waals surface area contributed by atoms with Gasteiger partial charge in [-0.1, -0.05) is 15.9 Å². The maximum atomic E-state index is 11.7. The van der Waals surface area contributed by atoms with Crippen LogP contribution in [-0.4, -0.2) is 17.1 Å². The quantitative estimate of drug-likeness (QED) is 0.850. The Bertz CT molecular complexity index is 564. The van der Waals surface area contributed by atoms with Gasteiger partial charge < -0.3 is 15.1 Å². The molecule has 0 fully saturated rings. The van der Waals surface area contributed by atoms with Crippen LogP contribution in [0.2, 0.25) is 0 Å². The van der Waals surface area contributed by atoms with Gasteiger partial charge in [-0.15, -0.1) is 0 Å². The van der Waals surface area contributed by atoms with Crippen LogP contribution in [0.4, 0.5) is 11.4 Å². The molecular formula is C13H11BrN2O3. The SMILES string of the molecule is O=C(CBr)Nc1ccc(NC(=O)c2ccco2)cc1. The van der Waals surface area contributed by atoms with Gasteiger partial charge in [-0.2, -0.15) is 0 Å². The van der Waals surface area contributed by atoms with E-state index in [1.165, 1.54) is 6.26 Å². The Hall–Kier alpha value is -2.08. The lowest BCUT2D eigenvalue weighted by Gasteiger charge is -2.06. The smallest absolute Gasteiger partial charge is 0.291 e. The average Bonchev–Trinajstić information content (AvgIpc) is 2.95. The fourth-order valence-electron chi connectivity index (χ4n) is 1.43. The Morgan fingerprint density at radius 1 is 1.05 bits per heavy atom. The lowest BCUT2D eigenvalue weighted by Crippen LogP contribution is -2.13. The molecule has 1 heterocycles. The van der Waals surface area contributed by atoms with Crippen LogP contribution in [0.25, 0.3) is 0 Å². The monoisotopic (exact) mass is 322 g/mol. The van der Waals surface area contributed by atoms with Gasteiger partial charge in [0.25, 0.3) is 5.91 Å². The molecule has 0 saturated carbocycles.